The molecule has 0 amide bonds. The standard InChI is InChI=1S/C10H8ClNO2/c11-8-3-1-2-7(4-8)10-9(5-13)12-6-14-10/h1-4,6,13H,5H2. The fraction of sp³-hybridized carbons (Fsp3) is 0.100. The molecule has 0 aliphatic heterocycles. The second kappa shape index (κ2) is 3.82. The molecule has 0 atom stereocenters. The zero-order valence-electron chi connectivity index (χ0n) is 7.27. The van der Waals surface area contributed by atoms with Crippen LogP contribution in [0.4, 0.5) is 0 Å². The number of nitrogens with zero attached hydrogens (tertiary/aromatic N) is 1. The second-order valence-electron chi connectivity index (χ2n) is 2.80. The van der Waals surface area contributed by atoms with Crippen molar-refractivity contribution < 1.29 is 9.52 Å². The van der Waals surface area contributed by atoms with Gasteiger partial charge < -0.3 is 9.52 Å². The first kappa shape index (κ1) is 9.24. The van der Waals surface area contributed by atoms with E-state index in [0.29, 0.717) is 16.5 Å². The first-order valence-corrected chi connectivity index (χ1v) is 4.48. The van der Waals surface area contributed by atoms with Crippen molar-refractivity contribution in [3.63, 3.8) is 0 Å². The zero-order chi connectivity index (χ0) is 9.97. The SMILES string of the molecule is OCc1ncoc1-c1cccc(Cl)c1. The van der Waals surface area contributed by atoms with Crippen molar-refractivity contribution in [2.24, 2.45) is 0 Å². The highest BCUT2D eigenvalue weighted by molar-refractivity contribution is 6.30. The fourth-order valence-corrected chi connectivity index (χ4v) is 1.44. The van der Waals surface area contributed by atoms with Gasteiger partial charge in [-0.2, -0.15) is 0 Å². The average Bonchev–Trinajstić information content (AvgIpc) is 2.65. The fourth-order valence-electron chi connectivity index (χ4n) is 1.25. The molecule has 1 aromatic heterocycles. The van der Waals surface area contributed by atoms with E-state index in [1.54, 1.807) is 12.1 Å². The lowest BCUT2D eigenvalue weighted by atomic mass is 10.1. The maximum Gasteiger partial charge on any atom is 0.181 e. The van der Waals surface area contributed by atoms with Crippen molar-refractivity contribution in [3.8, 4) is 11.3 Å². The van der Waals surface area contributed by atoms with Crippen LogP contribution in [-0.2, 0) is 6.61 Å². The molecule has 72 valence electrons. The third kappa shape index (κ3) is 1.64. The Morgan fingerprint density at radius 1 is 1.43 bits per heavy atom. The van der Waals surface area contributed by atoms with Gasteiger partial charge in [0.25, 0.3) is 0 Å². The first-order valence-electron chi connectivity index (χ1n) is 4.10. The number of benzene rings is 1. The highest BCUT2D eigenvalue weighted by Gasteiger charge is 2.09. The highest BCUT2D eigenvalue weighted by atomic mass is 35.5. The Balaban J connectivity index is 2.49. The summed E-state index contributed by atoms with van der Waals surface area (Å²) in [5.41, 5.74) is 1.34. The molecule has 1 N–H and O–H groups in total. The molecule has 0 fully saturated rings. The summed E-state index contributed by atoms with van der Waals surface area (Å²) in [7, 11) is 0. The summed E-state index contributed by atoms with van der Waals surface area (Å²) in [6, 6.07) is 7.22. The van der Waals surface area contributed by atoms with Gasteiger partial charge in [-0.05, 0) is 12.1 Å². The molecule has 0 spiro atoms. The van der Waals surface area contributed by atoms with Crippen molar-refractivity contribution >= 4 is 11.6 Å². The summed E-state index contributed by atoms with van der Waals surface area (Å²) >= 11 is 5.83. The number of hydrogen-bond acceptors (Lipinski definition) is 3. The average molecular weight is 210 g/mol. The third-order valence-corrected chi connectivity index (χ3v) is 2.11. The molecule has 0 aliphatic rings. The molecule has 1 heterocycles. The molecule has 0 bridgehead atoms. The maximum absolute atomic E-state index is 8.98. The second-order valence-corrected chi connectivity index (χ2v) is 3.23. The number of aliphatic hydroxyl groups excluding tert-OH is 1. The smallest absolute Gasteiger partial charge is 0.181 e. The van der Waals surface area contributed by atoms with Gasteiger partial charge in [-0.25, -0.2) is 4.98 Å². The molecule has 0 aliphatic carbocycles. The molecule has 14 heavy (non-hydrogen) atoms. The van der Waals surface area contributed by atoms with E-state index in [-0.39, 0.29) is 6.61 Å². The van der Waals surface area contributed by atoms with Gasteiger partial charge in [0.1, 0.15) is 5.69 Å². The van der Waals surface area contributed by atoms with Crippen LogP contribution in [0.25, 0.3) is 11.3 Å². The van der Waals surface area contributed by atoms with Gasteiger partial charge in [-0.15, -0.1) is 0 Å². The molecule has 0 saturated heterocycles. The van der Waals surface area contributed by atoms with Crippen molar-refractivity contribution in [1.29, 1.82) is 0 Å². The van der Waals surface area contributed by atoms with Crippen LogP contribution >= 0.6 is 11.6 Å². The van der Waals surface area contributed by atoms with Crippen molar-refractivity contribution in [1.82, 2.24) is 4.98 Å². The Kier molecular flexibility index (Phi) is 2.52. The van der Waals surface area contributed by atoms with E-state index in [9.17, 15) is 0 Å². The highest BCUT2D eigenvalue weighted by Crippen LogP contribution is 2.25. The Labute approximate surface area is 86.0 Å². The normalized spacial score (nSPS) is 10.4. The van der Waals surface area contributed by atoms with E-state index in [4.69, 9.17) is 21.1 Å². The maximum atomic E-state index is 8.98. The Bertz CT molecular complexity index is 439. The third-order valence-electron chi connectivity index (χ3n) is 1.88. The van der Waals surface area contributed by atoms with Gasteiger partial charge in [-0.3, -0.25) is 0 Å². The summed E-state index contributed by atoms with van der Waals surface area (Å²) in [6.45, 7) is -0.141. The number of aromatic nitrogens is 1. The molecule has 0 unspecified atom stereocenters. The quantitative estimate of drug-likeness (QED) is 0.827. The van der Waals surface area contributed by atoms with E-state index < -0.39 is 0 Å². The van der Waals surface area contributed by atoms with Crippen LogP contribution in [0.3, 0.4) is 0 Å². The number of aliphatic hydroxyl groups is 1. The van der Waals surface area contributed by atoms with Crippen LogP contribution in [0, 0.1) is 0 Å². The van der Waals surface area contributed by atoms with Crippen LogP contribution in [0.5, 0.6) is 0 Å². The van der Waals surface area contributed by atoms with Gasteiger partial charge in [0.05, 0.1) is 6.61 Å². The van der Waals surface area contributed by atoms with E-state index in [2.05, 4.69) is 4.98 Å². The van der Waals surface area contributed by atoms with Gasteiger partial charge in [-0.1, -0.05) is 23.7 Å². The van der Waals surface area contributed by atoms with Crippen LogP contribution in [0.1, 0.15) is 5.69 Å². The summed E-state index contributed by atoms with van der Waals surface area (Å²) < 4.78 is 5.17. The van der Waals surface area contributed by atoms with Crippen LogP contribution < -0.4 is 0 Å². The van der Waals surface area contributed by atoms with Crippen molar-refractivity contribution in [3.05, 3.63) is 41.4 Å². The minimum Gasteiger partial charge on any atom is -0.443 e. The minimum absolute atomic E-state index is 0.141. The minimum atomic E-state index is -0.141. The Morgan fingerprint density at radius 2 is 2.29 bits per heavy atom. The predicted molar refractivity (Wildman–Crippen MR) is 52.9 cm³/mol. The van der Waals surface area contributed by atoms with Gasteiger partial charge in [0.2, 0.25) is 0 Å². The molecule has 0 saturated carbocycles. The summed E-state index contributed by atoms with van der Waals surface area (Å²) in [6.07, 6.45) is 1.31. The number of rotatable bonds is 2. The zero-order valence-corrected chi connectivity index (χ0v) is 8.03. The molecule has 2 rings (SSSR count). The van der Waals surface area contributed by atoms with E-state index in [1.165, 1.54) is 6.39 Å². The monoisotopic (exact) mass is 209 g/mol. The van der Waals surface area contributed by atoms with Crippen LogP contribution in [0.15, 0.2) is 35.1 Å². The molecule has 2 aromatic rings. The lowest BCUT2D eigenvalue weighted by Crippen LogP contribution is -1.86. The van der Waals surface area contributed by atoms with E-state index in [1.807, 2.05) is 12.1 Å². The predicted octanol–water partition coefficient (Wildman–Crippen LogP) is 2.49. The van der Waals surface area contributed by atoms with Crippen LogP contribution in [-0.4, -0.2) is 10.1 Å². The number of halogens is 1. The molecule has 1 aromatic carbocycles. The topological polar surface area (TPSA) is 46.3 Å². The van der Waals surface area contributed by atoms with Crippen molar-refractivity contribution in [2.45, 2.75) is 6.61 Å². The van der Waals surface area contributed by atoms with Gasteiger partial charge >= 0.3 is 0 Å². The number of hydrogen-bond donors (Lipinski definition) is 1. The van der Waals surface area contributed by atoms with Crippen LogP contribution in [0.2, 0.25) is 5.02 Å². The van der Waals surface area contributed by atoms with Gasteiger partial charge in [0.15, 0.2) is 12.2 Å². The molecular weight excluding hydrogens is 202 g/mol. The van der Waals surface area contributed by atoms with E-state index >= 15 is 0 Å². The van der Waals surface area contributed by atoms with Crippen molar-refractivity contribution in [2.75, 3.05) is 0 Å². The summed E-state index contributed by atoms with van der Waals surface area (Å²) in [5, 5.41) is 9.61. The molecule has 4 heteroatoms. The Hall–Kier alpha value is -1.32. The Morgan fingerprint density at radius 3 is 3.00 bits per heavy atom. The summed E-state index contributed by atoms with van der Waals surface area (Å²) in [4.78, 5) is 3.88. The number of oxazole rings is 1. The summed E-state index contributed by atoms with van der Waals surface area (Å²) in [5.74, 6) is 0.565. The lowest BCUT2D eigenvalue weighted by Gasteiger charge is -1.98. The largest absolute Gasteiger partial charge is 0.443 e. The first-order chi connectivity index (χ1) is 6.81. The molecule has 0 radical (unpaired) electrons. The molecule has 3 nitrogen and oxygen atoms in total. The lowest BCUT2D eigenvalue weighted by molar-refractivity contribution is 0.277. The molecular formula is C10H8ClNO2. The van der Waals surface area contributed by atoms with E-state index in [0.717, 1.165) is 5.56 Å². The van der Waals surface area contributed by atoms with Gasteiger partial charge in [0, 0.05) is 10.6 Å².